The molecular weight excluding hydrogens is 366 g/mol. The molecule has 0 saturated heterocycles. The highest BCUT2D eigenvalue weighted by Crippen LogP contribution is 2.26. The maximum atomic E-state index is 11.9. The van der Waals surface area contributed by atoms with Gasteiger partial charge in [0, 0.05) is 61.4 Å². The van der Waals surface area contributed by atoms with Crippen molar-refractivity contribution in [1.29, 1.82) is 0 Å². The monoisotopic (exact) mass is 385 g/mol. The van der Waals surface area contributed by atoms with Crippen LogP contribution >= 0.6 is 0 Å². The quantitative estimate of drug-likeness (QED) is 0.487. The van der Waals surface area contributed by atoms with Gasteiger partial charge < -0.3 is 14.1 Å². The maximum absolute atomic E-state index is 11.9. The number of aromatic nitrogens is 7. The van der Waals surface area contributed by atoms with Crippen molar-refractivity contribution in [3.8, 4) is 22.6 Å². The van der Waals surface area contributed by atoms with Crippen LogP contribution in [0.4, 0.5) is 0 Å². The van der Waals surface area contributed by atoms with Crippen molar-refractivity contribution in [1.82, 2.24) is 33.5 Å². The molecule has 0 aliphatic carbocycles. The van der Waals surface area contributed by atoms with E-state index in [1.807, 2.05) is 49.3 Å². The SMILES string of the molecule is O=c1[nH]ccn2c(-c3cccc(-c4nccn4CCCn4ccnc4)c3)cnc12. The third kappa shape index (κ3) is 3.25. The van der Waals surface area contributed by atoms with Gasteiger partial charge in [0.25, 0.3) is 5.56 Å². The molecule has 0 aliphatic heterocycles. The van der Waals surface area contributed by atoms with Gasteiger partial charge in [-0.3, -0.25) is 9.20 Å². The molecule has 8 nitrogen and oxygen atoms in total. The summed E-state index contributed by atoms with van der Waals surface area (Å²) in [6.07, 6.45) is 15.6. The summed E-state index contributed by atoms with van der Waals surface area (Å²) < 4.78 is 6.04. The Morgan fingerprint density at radius 2 is 1.93 bits per heavy atom. The molecule has 0 amide bonds. The molecule has 0 bridgehead atoms. The molecular formula is C21H19N7O. The number of H-pyrrole nitrogens is 1. The van der Waals surface area contributed by atoms with Gasteiger partial charge in [-0.15, -0.1) is 0 Å². The molecule has 8 heteroatoms. The Hall–Kier alpha value is -3.94. The number of nitrogens with one attached hydrogen (secondary N) is 1. The zero-order chi connectivity index (χ0) is 19.6. The smallest absolute Gasteiger partial charge is 0.291 e. The normalized spacial score (nSPS) is 11.3. The van der Waals surface area contributed by atoms with E-state index in [0.29, 0.717) is 5.65 Å². The molecule has 5 aromatic rings. The van der Waals surface area contributed by atoms with Gasteiger partial charge in [0.1, 0.15) is 5.82 Å². The van der Waals surface area contributed by atoms with Crippen LogP contribution in [0, 0.1) is 0 Å². The molecule has 4 aromatic heterocycles. The van der Waals surface area contributed by atoms with Crippen molar-refractivity contribution < 1.29 is 0 Å². The van der Waals surface area contributed by atoms with Gasteiger partial charge in [-0.05, 0) is 12.5 Å². The number of hydrogen-bond acceptors (Lipinski definition) is 4. The van der Waals surface area contributed by atoms with Crippen molar-refractivity contribution in [2.24, 2.45) is 0 Å². The molecule has 0 unspecified atom stereocenters. The van der Waals surface area contributed by atoms with Gasteiger partial charge in [0.15, 0.2) is 0 Å². The average Bonchev–Trinajstić information content (AvgIpc) is 3.49. The van der Waals surface area contributed by atoms with Gasteiger partial charge in [-0.2, -0.15) is 0 Å². The molecule has 144 valence electrons. The van der Waals surface area contributed by atoms with Gasteiger partial charge >= 0.3 is 0 Å². The summed E-state index contributed by atoms with van der Waals surface area (Å²) in [6, 6.07) is 8.15. The fraction of sp³-hybridized carbons (Fsp3) is 0.143. The Kier molecular flexibility index (Phi) is 4.28. The first kappa shape index (κ1) is 17.2. The fourth-order valence-electron chi connectivity index (χ4n) is 3.56. The van der Waals surface area contributed by atoms with Crippen LogP contribution in [0.15, 0.2) is 78.8 Å². The van der Waals surface area contributed by atoms with E-state index in [1.54, 1.807) is 23.0 Å². The lowest BCUT2D eigenvalue weighted by Crippen LogP contribution is -2.08. The first-order valence-corrected chi connectivity index (χ1v) is 9.42. The zero-order valence-electron chi connectivity index (χ0n) is 15.6. The van der Waals surface area contributed by atoms with Crippen LogP contribution in [0.25, 0.3) is 28.3 Å². The van der Waals surface area contributed by atoms with Crippen LogP contribution in [0.2, 0.25) is 0 Å². The van der Waals surface area contributed by atoms with E-state index in [0.717, 1.165) is 42.2 Å². The Morgan fingerprint density at radius 1 is 1.00 bits per heavy atom. The summed E-state index contributed by atoms with van der Waals surface area (Å²) in [5.74, 6) is 0.921. The molecule has 1 N–H and O–H groups in total. The summed E-state index contributed by atoms with van der Waals surface area (Å²) in [7, 11) is 0. The minimum Gasteiger partial charge on any atom is -0.337 e. The highest BCUT2D eigenvalue weighted by molar-refractivity contribution is 5.70. The van der Waals surface area contributed by atoms with Crippen LogP contribution < -0.4 is 5.56 Å². The van der Waals surface area contributed by atoms with Crippen LogP contribution in [0.5, 0.6) is 0 Å². The van der Waals surface area contributed by atoms with E-state index >= 15 is 0 Å². The number of nitrogens with zero attached hydrogens (tertiary/aromatic N) is 6. The Labute approximate surface area is 166 Å². The topological polar surface area (TPSA) is 85.8 Å². The molecule has 0 fully saturated rings. The van der Waals surface area contributed by atoms with Gasteiger partial charge in [-0.1, -0.05) is 18.2 Å². The third-order valence-electron chi connectivity index (χ3n) is 4.94. The number of hydrogen-bond donors (Lipinski definition) is 1. The van der Waals surface area contributed by atoms with Crippen molar-refractivity contribution in [2.45, 2.75) is 19.5 Å². The third-order valence-corrected chi connectivity index (χ3v) is 4.94. The van der Waals surface area contributed by atoms with Crippen LogP contribution in [0.3, 0.4) is 0 Å². The van der Waals surface area contributed by atoms with Crippen molar-refractivity contribution in [3.63, 3.8) is 0 Å². The van der Waals surface area contributed by atoms with E-state index in [4.69, 9.17) is 0 Å². The van der Waals surface area contributed by atoms with E-state index in [9.17, 15) is 4.79 Å². The first-order valence-electron chi connectivity index (χ1n) is 9.42. The summed E-state index contributed by atoms with van der Waals surface area (Å²) in [4.78, 5) is 27.5. The summed E-state index contributed by atoms with van der Waals surface area (Å²) in [6.45, 7) is 1.77. The molecule has 5 rings (SSSR count). The number of benzene rings is 1. The average molecular weight is 385 g/mol. The number of imidazole rings is 3. The van der Waals surface area contributed by atoms with Crippen LogP contribution in [-0.2, 0) is 13.1 Å². The molecule has 4 heterocycles. The van der Waals surface area contributed by atoms with E-state index in [1.165, 1.54) is 0 Å². The standard InChI is InChI=1S/C21H19N7O/c29-21-20-25-14-18(28(20)12-7-24-21)16-3-1-4-17(13-16)19-23-6-11-27(19)9-2-8-26-10-5-22-15-26/h1,3-7,10-15H,2,8-9H2,(H,24,29). The second-order valence-electron chi connectivity index (χ2n) is 6.81. The maximum Gasteiger partial charge on any atom is 0.291 e. The summed E-state index contributed by atoms with van der Waals surface area (Å²) in [5, 5.41) is 0. The summed E-state index contributed by atoms with van der Waals surface area (Å²) >= 11 is 0. The minimum absolute atomic E-state index is 0.205. The second kappa shape index (κ2) is 7.23. The van der Waals surface area contributed by atoms with Crippen molar-refractivity contribution >= 4 is 5.65 Å². The van der Waals surface area contributed by atoms with E-state index in [2.05, 4.69) is 35.1 Å². The number of aromatic amines is 1. The Bertz CT molecular complexity index is 1310. The van der Waals surface area contributed by atoms with Crippen molar-refractivity contribution in [3.05, 3.63) is 84.3 Å². The second-order valence-corrected chi connectivity index (χ2v) is 6.81. The van der Waals surface area contributed by atoms with E-state index < -0.39 is 0 Å². The van der Waals surface area contributed by atoms with Gasteiger partial charge in [0.2, 0.25) is 5.65 Å². The predicted molar refractivity (Wildman–Crippen MR) is 109 cm³/mol. The number of rotatable bonds is 6. The van der Waals surface area contributed by atoms with Gasteiger partial charge in [-0.25, -0.2) is 15.0 Å². The molecule has 1 aromatic carbocycles. The van der Waals surface area contributed by atoms with Crippen LogP contribution in [0.1, 0.15) is 6.42 Å². The highest BCUT2D eigenvalue weighted by atomic mass is 16.1. The first-order chi connectivity index (χ1) is 14.3. The molecule has 0 atom stereocenters. The Morgan fingerprint density at radius 3 is 2.83 bits per heavy atom. The minimum atomic E-state index is -0.205. The molecule has 0 saturated carbocycles. The number of fused-ring (bicyclic) bond motifs is 1. The molecule has 0 aliphatic rings. The Balaban J connectivity index is 1.44. The zero-order valence-corrected chi connectivity index (χ0v) is 15.6. The predicted octanol–water partition coefficient (Wildman–Crippen LogP) is 2.84. The van der Waals surface area contributed by atoms with Crippen molar-refractivity contribution in [2.75, 3.05) is 0 Å². The molecule has 0 radical (unpaired) electrons. The summed E-state index contributed by atoms with van der Waals surface area (Å²) in [5.41, 5.74) is 3.05. The lowest BCUT2D eigenvalue weighted by Gasteiger charge is -2.10. The fourth-order valence-corrected chi connectivity index (χ4v) is 3.56. The van der Waals surface area contributed by atoms with Crippen LogP contribution in [-0.4, -0.2) is 33.5 Å². The van der Waals surface area contributed by atoms with E-state index in [-0.39, 0.29) is 5.56 Å². The van der Waals surface area contributed by atoms with Gasteiger partial charge in [0.05, 0.1) is 18.2 Å². The lowest BCUT2D eigenvalue weighted by atomic mass is 10.1. The number of aryl methyl sites for hydroxylation is 2. The highest BCUT2D eigenvalue weighted by Gasteiger charge is 2.11. The lowest BCUT2D eigenvalue weighted by molar-refractivity contribution is 0.566. The largest absolute Gasteiger partial charge is 0.337 e. The molecule has 0 spiro atoms. The molecule has 29 heavy (non-hydrogen) atoms.